The summed E-state index contributed by atoms with van der Waals surface area (Å²) in [5.41, 5.74) is 1.07. The Bertz CT molecular complexity index is 1330. The highest BCUT2D eigenvalue weighted by Crippen LogP contribution is 2.26. The van der Waals surface area contributed by atoms with E-state index in [1.165, 1.54) is 4.90 Å². The predicted molar refractivity (Wildman–Crippen MR) is 155 cm³/mol. The van der Waals surface area contributed by atoms with E-state index in [0.717, 1.165) is 22.5 Å². The molecule has 0 fully saturated rings. The van der Waals surface area contributed by atoms with E-state index >= 15 is 0 Å². The molecule has 8 nitrogen and oxygen atoms in total. The molecule has 0 aliphatic rings. The zero-order valence-electron chi connectivity index (χ0n) is 22.3. The van der Waals surface area contributed by atoms with Crippen molar-refractivity contribution in [3.8, 4) is 11.5 Å². The number of carbonyl (C=O) groups excluding carboxylic acids is 2. The molecule has 0 aliphatic carbocycles. The van der Waals surface area contributed by atoms with E-state index in [0.29, 0.717) is 35.2 Å². The van der Waals surface area contributed by atoms with Gasteiger partial charge in [0.05, 0.1) is 11.9 Å². The number of para-hydroxylation sites is 1. The highest BCUT2D eigenvalue weighted by Gasteiger charge is 2.31. The summed E-state index contributed by atoms with van der Waals surface area (Å²) in [6.45, 7) is 3.89. The molecule has 1 N–H and O–H groups in total. The number of rotatable bonds is 13. The van der Waals surface area contributed by atoms with Crippen molar-refractivity contribution < 1.29 is 22.7 Å². The van der Waals surface area contributed by atoms with E-state index < -0.39 is 28.5 Å². The normalized spacial score (nSPS) is 11.9. The number of benzene rings is 3. The number of sulfonamides is 1. The first-order valence-electron chi connectivity index (χ1n) is 12.7. The maximum absolute atomic E-state index is 13.7. The van der Waals surface area contributed by atoms with Crippen molar-refractivity contribution in [3.63, 3.8) is 0 Å². The second-order valence-corrected chi connectivity index (χ2v) is 11.4. The number of hydrogen-bond acceptors (Lipinski definition) is 5. The summed E-state index contributed by atoms with van der Waals surface area (Å²) in [5.74, 6) is 0.381. The van der Waals surface area contributed by atoms with E-state index in [-0.39, 0.29) is 12.5 Å². The molecule has 0 spiro atoms. The Labute approximate surface area is 235 Å². The number of halogens is 1. The van der Waals surface area contributed by atoms with Crippen LogP contribution in [0.2, 0.25) is 5.02 Å². The average molecular weight is 572 g/mol. The SMILES string of the molecule is CCCNC(=O)[C@H](CC)N(Cc1ccc(Cl)cc1)C(=O)CN(c1ccc(Oc2ccccc2)cc1)S(C)(=O)=O. The fourth-order valence-corrected chi connectivity index (χ4v) is 4.97. The van der Waals surface area contributed by atoms with Gasteiger partial charge in [-0.2, -0.15) is 0 Å². The maximum Gasteiger partial charge on any atom is 0.244 e. The Hall–Kier alpha value is -3.56. The minimum atomic E-state index is -3.84. The van der Waals surface area contributed by atoms with Gasteiger partial charge in [0, 0.05) is 18.1 Å². The Balaban J connectivity index is 1.87. The van der Waals surface area contributed by atoms with E-state index in [9.17, 15) is 18.0 Å². The van der Waals surface area contributed by atoms with Crippen LogP contribution in [0.25, 0.3) is 0 Å². The fraction of sp³-hybridized carbons (Fsp3) is 0.310. The van der Waals surface area contributed by atoms with Gasteiger partial charge in [0.1, 0.15) is 24.1 Å². The van der Waals surface area contributed by atoms with Gasteiger partial charge in [-0.25, -0.2) is 8.42 Å². The summed E-state index contributed by atoms with van der Waals surface area (Å²) in [5, 5.41) is 3.40. The van der Waals surface area contributed by atoms with E-state index in [1.807, 2.05) is 44.2 Å². The Morgan fingerprint density at radius 3 is 2.10 bits per heavy atom. The van der Waals surface area contributed by atoms with E-state index in [1.54, 1.807) is 48.5 Å². The molecule has 0 heterocycles. The molecule has 3 rings (SSSR count). The van der Waals surface area contributed by atoms with Gasteiger partial charge in [-0.15, -0.1) is 0 Å². The van der Waals surface area contributed by atoms with Crippen molar-refractivity contribution in [1.82, 2.24) is 10.2 Å². The largest absolute Gasteiger partial charge is 0.457 e. The average Bonchev–Trinajstić information content (AvgIpc) is 2.92. The number of nitrogens with one attached hydrogen (secondary N) is 1. The van der Waals surface area contributed by atoms with Crippen molar-refractivity contribution in [1.29, 1.82) is 0 Å². The van der Waals surface area contributed by atoms with Crippen LogP contribution in [0, 0.1) is 0 Å². The molecule has 0 radical (unpaired) electrons. The Morgan fingerprint density at radius 2 is 1.54 bits per heavy atom. The third-order valence-electron chi connectivity index (χ3n) is 5.98. The molecular weight excluding hydrogens is 538 g/mol. The van der Waals surface area contributed by atoms with Gasteiger partial charge in [0.25, 0.3) is 0 Å². The monoisotopic (exact) mass is 571 g/mol. The molecule has 3 aromatic carbocycles. The first-order chi connectivity index (χ1) is 18.6. The smallest absolute Gasteiger partial charge is 0.244 e. The minimum Gasteiger partial charge on any atom is -0.457 e. The molecule has 0 saturated carbocycles. The molecule has 3 aromatic rings. The van der Waals surface area contributed by atoms with E-state index in [2.05, 4.69) is 5.32 Å². The molecule has 0 aromatic heterocycles. The molecule has 10 heteroatoms. The van der Waals surface area contributed by atoms with Crippen LogP contribution < -0.4 is 14.4 Å². The lowest BCUT2D eigenvalue weighted by molar-refractivity contribution is -0.140. The van der Waals surface area contributed by atoms with Crippen molar-refractivity contribution in [3.05, 3.63) is 89.4 Å². The molecule has 0 unspecified atom stereocenters. The molecule has 0 saturated heterocycles. The highest BCUT2D eigenvalue weighted by atomic mass is 35.5. The first-order valence-corrected chi connectivity index (χ1v) is 15.0. The molecular formula is C29H34ClN3O5S. The molecule has 2 amide bonds. The number of hydrogen-bond donors (Lipinski definition) is 1. The van der Waals surface area contributed by atoms with Crippen molar-refractivity contribution in [2.75, 3.05) is 23.7 Å². The molecule has 208 valence electrons. The second kappa shape index (κ2) is 14.0. The fourth-order valence-electron chi connectivity index (χ4n) is 3.99. The zero-order chi connectivity index (χ0) is 28.4. The standard InChI is InChI=1S/C29H34ClN3O5S/c1-4-19-31-29(35)27(5-2)32(20-22-11-13-23(30)14-12-22)28(34)21-33(39(3,36)37)24-15-17-26(18-16-24)38-25-9-7-6-8-10-25/h6-18,27H,4-5,19-21H2,1-3H3,(H,31,35)/t27-/m0/s1. The number of ether oxygens (including phenoxy) is 1. The van der Waals surface area contributed by atoms with Crippen LogP contribution in [0.4, 0.5) is 5.69 Å². The number of nitrogens with zero attached hydrogens (tertiary/aromatic N) is 2. The summed E-state index contributed by atoms with van der Waals surface area (Å²) < 4.78 is 32.4. The summed E-state index contributed by atoms with van der Waals surface area (Å²) in [6.07, 6.45) is 2.15. The maximum atomic E-state index is 13.7. The molecule has 0 aliphatic heterocycles. The Morgan fingerprint density at radius 1 is 0.923 bits per heavy atom. The summed E-state index contributed by atoms with van der Waals surface area (Å²) >= 11 is 6.02. The third kappa shape index (κ3) is 8.73. The van der Waals surface area contributed by atoms with Gasteiger partial charge in [-0.05, 0) is 66.9 Å². The highest BCUT2D eigenvalue weighted by molar-refractivity contribution is 7.92. The zero-order valence-corrected chi connectivity index (χ0v) is 23.9. The summed E-state index contributed by atoms with van der Waals surface area (Å²) in [4.78, 5) is 28.1. The molecule has 39 heavy (non-hydrogen) atoms. The number of amides is 2. The lowest BCUT2D eigenvalue weighted by Gasteiger charge is -2.33. The molecule has 0 bridgehead atoms. The van der Waals surface area contributed by atoms with Crippen LogP contribution in [0.1, 0.15) is 32.3 Å². The van der Waals surface area contributed by atoms with Crippen LogP contribution in [0.15, 0.2) is 78.9 Å². The summed E-state index contributed by atoms with van der Waals surface area (Å²) in [7, 11) is -3.84. The van der Waals surface area contributed by atoms with Crippen LogP contribution >= 0.6 is 11.6 Å². The van der Waals surface area contributed by atoms with Crippen molar-refractivity contribution >= 4 is 39.1 Å². The van der Waals surface area contributed by atoms with Gasteiger partial charge in [-0.1, -0.05) is 55.8 Å². The lowest BCUT2D eigenvalue weighted by atomic mass is 10.1. The van der Waals surface area contributed by atoms with Gasteiger partial charge < -0.3 is 15.0 Å². The van der Waals surface area contributed by atoms with Gasteiger partial charge >= 0.3 is 0 Å². The third-order valence-corrected chi connectivity index (χ3v) is 7.38. The second-order valence-electron chi connectivity index (χ2n) is 9.04. The Kier molecular flexibility index (Phi) is 10.8. The van der Waals surface area contributed by atoms with Crippen LogP contribution in [0.3, 0.4) is 0 Å². The topological polar surface area (TPSA) is 96.0 Å². The first kappa shape index (κ1) is 30.0. The van der Waals surface area contributed by atoms with Gasteiger partial charge in [0.2, 0.25) is 21.8 Å². The van der Waals surface area contributed by atoms with E-state index in [4.69, 9.17) is 16.3 Å². The van der Waals surface area contributed by atoms with Gasteiger partial charge in [-0.3, -0.25) is 13.9 Å². The van der Waals surface area contributed by atoms with Crippen molar-refractivity contribution in [2.45, 2.75) is 39.3 Å². The quantitative estimate of drug-likeness (QED) is 0.303. The molecule has 1 atom stereocenters. The number of carbonyl (C=O) groups is 2. The van der Waals surface area contributed by atoms with Gasteiger partial charge in [0.15, 0.2) is 0 Å². The predicted octanol–water partition coefficient (Wildman–Crippen LogP) is 5.23. The van der Waals surface area contributed by atoms with Crippen LogP contribution in [0.5, 0.6) is 11.5 Å². The summed E-state index contributed by atoms with van der Waals surface area (Å²) in [6, 6.07) is 21.8. The van der Waals surface area contributed by atoms with Crippen molar-refractivity contribution in [2.24, 2.45) is 0 Å². The van der Waals surface area contributed by atoms with Crippen LogP contribution in [-0.4, -0.2) is 50.5 Å². The lowest BCUT2D eigenvalue weighted by Crippen LogP contribution is -2.52. The van der Waals surface area contributed by atoms with Crippen LogP contribution in [-0.2, 0) is 26.2 Å². The minimum absolute atomic E-state index is 0.121. The number of anilines is 1.